The minimum absolute atomic E-state index is 0.466. The van der Waals surface area contributed by atoms with Crippen LogP contribution in [0, 0.1) is 0 Å². The maximum atomic E-state index is 12.6. The summed E-state index contributed by atoms with van der Waals surface area (Å²) in [6, 6.07) is 4.93. The van der Waals surface area contributed by atoms with Crippen molar-refractivity contribution in [2.24, 2.45) is 0 Å². The van der Waals surface area contributed by atoms with Gasteiger partial charge in [-0.25, -0.2) is 0 Å². The molecule has 0 aliphatic carbocycles. The average molecular weight is 319 g/mol. The van der Waals surface area contributed by atoms with Gasteiger partial charge >= 0.3 is 15.0 Å². The number of nitrogens with zero attached hydrogens (tertiary/aromatic N) is 1. The summed E-state index contributed by atoms with van der Waals surface area (Å²) < 4.78 is 55.4. The van der Waals surface area contributed by atoms with E-state index in [1.165, 1.54) is 12.1 Å². The summed E-state index contributed by atoms with van der Waals surface area (Å²) >= 11 is 0. The summed E-state index contributed by atoms with van der Waals surface area (Å²) in [5.74, 6) is 0. The van der Waals surface area contributed by atoms with Gasteiger partial charge in [-0.05, 0) is 12.1 Å². The van der Waals surface area contributed by atoms with Crippen molar-refractivity contribution < 1.29 is 26.4 Å². The molecule has 3 aliphatic heterocycles. The van der Waals surface area contributed by atoms with Crippen LogP contribution in [0.2, 0.25) is 0 Å². The first kappa shape index (κ1) is 15.0. The Kier molecular flexibility index (Phi) is 4.06. The number of benzene rings is 1. The summed E-state index contributed by atoms with van der Waals surface area (Å²) in [5, 5.41) is 0.589. The summed E-state index contributed by atoms with van der Waals surface area (Å²) in [7, 11) is -3.08. The lowest BCUT2D eigenvalue weighted by Gasteiger charge is -2.38. The van der Waals surface area contributed by atoms with Crippen LogP contribution in [0.1, 0.15) is 5.56 Å². The maximum Gasteiger partial charge on any atom is 0.537 e. The molecule has 4 rings (SSSR count). The molecule has 3 heterocycles. The van der Waals surface area contributed by atoms with Crippen molar-refractivity contribution in [3.63, 3.8) is 0 Å². The van der Waals surface area contributed by atoms with E-state index in [0.717, 1.165) is 31.8 Å². The highest BCUT2D eigenvalue weighted by Crippen LogP contribution is 2.28. The van der Waals surface area contributed by atoms with Crippen LogP contribution in [-0.2, 0) is 19.5 Å². The topological polar surface area (TPSA) is 30.9 Å². The van der Waals surface area contributed by atoms with Crippen LogP contribution >= 0.6 is 0 Å². The van der Waals surface area contributed by atoms with Gasteiger partial charge in [0.05, 0.1) is 25.4 Å². The van der Waals surface area contributed by atoms with Crippen molar-refractivity contribution in [2.45, 2.75) is 6.18 Å². The van der Waals surface area contributed by atoms with Crippen molar-refractivity contribution in [1.82, 2.24) is 4.90 Å². The number of halogens is 3. The monoisotopic (exact) mass is 319 g/mol. The lowest BCUT2D eigenvalue weighted by atomic mass is 10.2. The lowest BCUT2D eigenvalue weighted by molar-refractivity contribution is -0.137. The molecular weight excluding hydrogens is 303 g/mol. The Morgan fingerprint density at radius 3 is 1.76 bits per heavy atom. The predicted octanol–water partition coefficient (Wildman–Crippen LogP) is 1.23. The first-order valence-electron chi connectivity index (χ1n) is 6.82. The first-order chi connectivity index (χ1) is 10.00. The third-order valence-electron chi connectivity index (χ3n) is 3.66. The normalized spacial score (nSPS) is 30.5. The zero-order chi connectivity index (χ0) is 14.9. The van der Waals surface area contributed by atoms with Crippen LogP contribution in [0.5, 0.6) is 0 Å². The average Bonchev–Trinajstić information content (AvgIpc) is 2.36. The Labute approximate surface area is 121 Å². The van der Waals surface area contributed by atoms with E-state index in [0.29, 0.717) is 25.0 Å². The third kappa shape index (κ3) is 3.14. The fourth-order valence-electron chi connectivity index (χ4n) is 2.50. The van der Waals surface area contributed by atoms with Gasteiger partial charge in [-0.15, -0.1) is 0 Å². The van der Waals surface area contributed by atoms with Crippen molar-refractivity contribution >= 4 is 14.0 Å². The predicted molar refractivity (Wildman–Crippen MR) is 71.1 cm³/mol. The van der Waals surface area contributed by atoms with E-state index in [9.17, 15) is 13.2 Å². The SMILES string of the molecule is FC(F)(F)c1ccc([Si]23OCCN(CCO2)CCO3)cc1. The van der Waals surface area contributed by atoms with Crippen LogP contribution in [0.15, 0.2) is 24.3 Å². The smallest absolute Gasteiger partial charge is 0.369 e. The van der Waals surface area contributed by atoms with Crippen LogP contribution in [0.25, 0.3) is 0 Å². The van der Waals surface area contributed by atoms with Crippen molar-refractivity contribution in [3.05, 3.63) is 29.8 Å². The number of alkyl halides is 3. The maximum absolute atomic E-state index is 12.6. The number of rotatable bonds is 1. The molecule has 2 bridgehead atoms. The van der Waals surface area contributed by atoms with Crippen molar-refractivity contribution in [1.29, 1.82) is 0 Å². The van der Waals surface area contributed by atoms with Crippen molar-refractivity contribution in [3.8, 4) is 0 Å². The van der Waals surface area contributed by atoms with Gasteiger partial charge in [-0.1, -0.05) is 12.1 Å². The molecule has 1 aromatic carbocycles. The highest BCUT2D eigenvalue weighted by Gasteiger charge is 2.46. The molecule has 21 heavy (non-hydrogen) atoms. The Morgan fingerprint density at radius 1 is 0.857 bits per heavy atom. The van der Waals surface area contributed by atoms with Crippen LogP contribution in [0.4, 0.5) is 13.2 Å². The first-order valence-corrected chi connectivity index (χ1v) is 8.54. The molecule has 0 unspecified atom stereocenters. The van der Waals surface area contributed by atoms with Crippen LogP contribution < -0.4 is 5.19 Å². The molecule has 0 amide bonds. The molecule has 116 valence electrons. The third-order valence-corrected chi connectivity index (χ3v) is 6.46. The van der Waals surface area contributed by atoms with Crippen LogP contribution in [-0.4, -0.2) is 53.2 Å². The van der Waals surface area contributed by atoms with Gasteiger partial charge < -0.3 is 13.3 Å². The van der Waals surface area contributed by atoms with E-state index in [1.54, 1.807) is 0 Å². The largest absolute Gasteiger partial charge is 0.537 e. The zero-order valence-electron chi connectivity index (χ0n) is 11.4. The molecule has 0 saturated carbocycles. The van der Waals surface area contributed by atoms with E-state index in [4.69, 9.17) is 13.3 Å². The Bertz CT molecular complexity index is 468. The van der Waals surface area contributed by atoms with Gasteiger partial charge in [0.2, 0.25) is 0 Å². The van der Waals surface area contributed by atoms with Gasteiger partial charge in [0.25, 0.3) is 0 Å². The standard InChI is InChI=1S/C13H16F3NO3Si/c14-13(15,16)11-1-3-12(4-2-11)21-18-8-5-17(6-9-19-21)7-10-20-21/h1-4H,5-10H2. The molecule has 3 fully saturated rings. The Hall–Kier alpha value is -0.933. The minimum atomic E-state index is -4.34. The summed E-state index contributed by atoms with van der Waals surface area (Å²) in [6.07, 6.45) is -4.34. The number of hydrogen-bond acceptors (Lipinski definition) is 4. The molecule has 8 heteroatoms. The van der Waals surface area contributed by atoms with Gasteiger partial charge in [0.15, 0.2) is 0 Å². The fourth-order valence-corrected chi connectivity index (χ4v) is 4.91. The highest BCUT2D eigenvalue weighted by molar-refractivity contribution is 6.75. The molecule has 3 saturated heterocycles. The summed E-state index contributed by atoms with van der Waals surface area (Å²) in [6.45, 7) is 3.78. The Morgan fingerprint density at radius 2 is 1.33 bits per heavy atom. The van der Waals surface area contributed by atoms with Crippen molar-refractivity contribution in [2.75, 3.05) is 39.5 Å². The second-order valence-corrected chi connectivity index (χ2v) is 7.57. The minimum Gasteiger partial charge on any atom is -0.369 e. The molecule has 0 radical (unpaired) electrons. The summed E-state index contributed by atoms with van der Waals surface area (Å²) in [4.78, 5) is 2.18. The number of fused-ring (bicyclic) bond motifs is 6. The van der Waals surface area contributed by atoms with Gasteiger partial charge in [0.1, 0.15) is 0 Å². The molecule has 0 aromatic heterocycles. The second-order valence-electron chi connectivity index (χ2n) is 5.02. The fraction of sp³-hybridized carbons (Fsp3) is 0.538. The highest BCUT2D eigenvalue weighted by atomic mass is 28.4. The number of hydrogen-bond donors (Lipinski definition) is 0. The van der Waals surface area contributed by atoms with E-state index in [1.807, 2.05) is 0 Å². The van der Waals surface area contributed by atoms with Gasteiger partial charge in [-0.3, -0.25) is 4.90 Å². The molecular formula is C13H16F3NO3Si. The molecule has 0 spiro atoms. The molecule has 3 aliphatic rings. The molecule has 0 N–H and O–H groups in total. The molecule has 0 atom stereocenters. The van der Waals surface area contributed by atoms with E-state index < -0.39 is 20.5 Å². The zero-order valence-corrected chi connectivity index (χ0v) is 12.4. The quantitative estimate of drug-likeness (QED) is 0.729. The van der Waals surface area contributed by atoms with E-state index >= 15 is 0 Å². The second kappa shape index (κ2) is 5.69. The van der Waals surface area contributed by atoms with E-state index in [2.05, 4.69) is 4.90 Å². The van der Waals surface area contributed by atoms with Gasteiger partial charge in [0, 0.05) is 24.8 Å². The molecule has 1 aromatic rings. The summed E-state index contributed by atoms with van der Waals surface area (Å²) in [5.41, 5.74) is -0.681. The van der Waals surface area contributed by atoms with Gasteiger partial charge in [-0.2, -0.15) is 13.2 Å². The lowest BCUT2D eigenvalue weighted by Crippen LogP contribution is -2.62. The van der Waals surface area contributed by atoms with Crippen LogP contribution in [0.3, 0.4) is 0 Å². The van der Waals surface area contributed by atoms with E-state index in [-0.39, 0.29) is 0 Å². The molecule has 4 nitrogen and oxygen atoms in total. The Balaban J connectivity index is 1.88.